The van der Waals surface area contributed by atoms with Crippen molar-refractivity contribution in [1.29, 1.82) is 0 Å². The largest absolute Gasteiger partial charge is 0.508 e. The number of β-lactam (4-membered cyclic amide) rings is 1. The first kappa shape index (κ1) is 19.2. The highest BCUT2D eigenvalue weighted by atomic mass is 32.2. The van der Waals surface area contributed by atoms with Crippen molar-refractivity contribution in [2.75, 3.05) is 0 Å². The van der Waals surface area contributed by atoms with Crippen LogP contribution in [0.5, 0.6) is 5.75 Å². The molecule has 3 saturated heterocycles. The summed E-state index contributed by atoms with van der Waals surface area (Å²) in [6.45, 7) is 0. The van der Waals surface area contributed by atoms with Crippen LogP contribution >= 0.6 is 11.8 Å². The number of aromatic hydroxyl groups is 1. The summed E-state index contributed by atoms with van der Waals surface area (Å²) in [7, 11) is 0. The van der Waals surface area contributed by atoms with Crippen LogP contribution in [0.4, 0.5) is 9.18 Å². The van der Waals surface area contributed by atoms with Crippen LogP contribution in [-0.2, 0) is 10.2 Å². The number of imide groups is 1. The number of carbonyl (C=O) groups excluding carboxylic acids is 2. The number of hydrogen-bond donors (Lipinski definition) is 1. The summed E-state index contributed by atoms with van der Waals surface area (Å²) in [5.41, 5.74) is 3.15. The minimum atomic E-state index is -0.489. The highest BCUT2D eigenvalue weighted by molar-refractivity contribution is 8.15. The summed E-state index contributed by atoms with van der Waals surface area (Å²) in [5, 5.41) is 10.1. The number of rotatable bonds is 3. The third-order valence-electron chi connectivity index (χ3n) is 8.73. The second-order valence-corrected chi connectivity index (χ2v) is 11.7. The zero-order valence-electron chi connectivity index (χ0n) is 17.6. The van der Waals surface area contributed by atoms with Crippen LogP contribution in [0.2, 0.25) is 0 Å². The first-order valence-corrected chi connectivity index (χ1v) is 12.5. The maximum Gasteiger partial charge on any atom is 0.289 e. The van der Waals surface area contributed by atoms with Crippen LogP contribution in [0.25, 0.3) is 11.1 Å². The second-order valence-electron chi connectivity index (χ2n) is 10.6. The van der Waals surface area contributed by atoms with E-state index in [4.69, 9.17) is 0 Å². The van der Waals surface area contributed by atoms with E-state index >= 15 is 4.39 Å². The summed E-state index contributed by atoms with van der Waals surface area (Å²) in [6.07, 6.45) is 7.49. The molecule has 4 aliphatic carbocycles. The van der Waals surface area contributed by atoms with Crippen LogP contribution in [0.15, 0.2) is 36.4 Å². The molecule has 0 radical (unpaired) electrons. The average Bonchev–Trinajstić information content (AvgIpc) is 3.25. The number of halogens is 1. The zero-order chi connectivity index (χ0) is 21.8. The van der Waals surface area contributed by atoms with Crippen molar-refractivity contribution >= 4 is 22.9 Å². The molecule has 2 aromatic carbocycles. The Balaban J connectivity index is 1.24. The molecule has 7 aliphatic rings. The van der Waals surface area contributed by atoms with Gasteiger partial charge >= 0.3 is 0 Å². The molecular weight excluding hydrogens is 425 g/mol. The Morgan fingerprint density at radius 1 is 0.938 bits per heavy atom. The van der Waals surface area contributed by atoms with Gasteiger partial charge in [0.15, 0.2) is 0 Å². The van der Waals surface area contributed by atoms with Crippen LogP contribution in [0, 0.1) is 23.6 Å². The van der Waals surface area contributed by atoms with Gasteiger partial charge in [-0.2, -0.15) is 0 Å². The Kier molecular flexibility index (Phi) is 3.82. The van der Waals surface area contributed by atoms with Gasteiger partial charge in [0, 0.05) is 11.1 Å². The predicted molar refractivity (Wildman–Crippen MR) is 120 cm³/mol. The lowest BCUT2D eigenvalue weighted by Crippen LogP contribution is -2.50. The fourth-order valence-electron chi connectivity index (χ4n) is 7.78. The van der Waals surface area contributed by atoms with Crippen molar-refractivity contribution < 1.29 is 19.1 Å². The van der Waals surface area contributed by atoms with E-state index in [1.54, 1.807) is 12.1 Å². The van der Waals surface area contributed by atoms with Crippen molar-refractivity contribution in [3.05, 3.63) is 53.3 Å². The molecule has 9 rings (SSSR count). The zero-order valence-corrected chi connectivity index (χ0v) is 18.4. The molecule has 2 amide bonds. The third kappa shape index (κ3) is 2.50. The number of benzene rings is 2. The number of fused-ring (bicyclic) bond motifs is 1. The smallest absolute Gasteiger partial charge is 0.289 e. The van der Waals surface area contributed by atoms with E-state index in [0.717, 1.165) is 65.5 Å². The fourth-order valence-corrected chi connectivity index (χ4v) is 8.92. The minimum absolute atomic E-state index is 0.0592. The van der Waals surface area contributed by atoms with Crippen molar-refractivity contribution in [3.8, 4) is 16.9 Å². The van der Waals surface area contributed by atoms with Crippen molar-refractivity contribution in [2.24, 2.45) is 17.8 Å². The SMILES string of the molecule is O=C1SC2C(=O)N1C2c1ccc(-c2ccc(O)c(C34CC5CC(CC(C5)C3)C4)c2)cc1F. The lowest BCUT2D eigenvalue weighted by Gasteiger charge is -2.57. The van der Waals surface area contributed by atoms with Crippen LogP contribution in [0.1, 0.15) is 55.7 Å². The van der Waals surface area contributed by atoms with Gasteiger partial charge in [-0.1, -0.05) is 18.2 Å². The molecule has 6 heteroatoms. The number of carbonyl (C=O) groups is 2. The number of amides is 2. The van der Waals surface area contributed by atoms with Gasteiger partial charge in [-0.05, 0) is 103 Å². The standard InChI is InChI=1S/C26H24FNO3S/c27-20-9-17(1-3-18(20)22-23-24(30)28(22)25(31)32-23)16-2-4-21(29)19(8-16)26-10-13-5-14(11-26)7-15(6-13)12-26/h1-4,8-9,13-15,22-23,29H,5-7,10-12H2. The monoisotopic (exact) mass is 449 g/mol. The highest BCUT2D eigenvalue weighted by Gasteiger charge is 2.60. The van der Waals surface area contributed by atoms with Gasteiger partial charge in [0.05, 0.1) is 6.04 Å². The maximum atomic E-state index is 15.1. The molecule has 3 heterocycles. The highest BCUT2D eigenvalue weighted by Crippen LogP contribution is 2.62. The first-order valence-electron chi connectivity index (χ1n) is 11.6. The van der Waals surface area contributed by atoms with Crippen LogP contribution < -0.4 is 0 Å². The van der Waals surface area contributed by atoms with Gasteiger partial charge in [-0.15, -0.1) is 0 Å². The number of nitrogens with zero attached hydrogens (tertiary/aromatic N) is 1. The summed E-state index contributed by atoms with van der Waals surface area (Å²) in [5.74, 6) is 2.08. The van der Waals surface area contributed by atoms with Gasteiger partial charge in [-0.25, -0.2) is 4.39 Å². The van der Waals surface area contributed by atoms with Gasteiger partial charge in [-0.3, -0.25) is 14.5 Å². The maximum absolute atomic E-state index is 15.1. The van der Waals surface area contributed by atoms with E-state index in [-0.39, 0.29) is 16.6 Å². The number of hydrogen-bond acceptors (Lipinski definition) is 4. The van der Waals surface area contributed by atoms with E-state index in [2.05, 4.69) is 6.07 Å². The molecule has 7 fully saturated rings. The Hall–Kier alpha value is -2.34. The number of phenols is 1. The first-order chi connectivity index (χ1) is 15.4. The van der Waals surface area contributed by atoms with Crippen molar-refractivity contribution in [2.45, 2.75) is 55.2 Å². The van der Waals surface area contributed by atoms with E-state index in [1.807, 2.05) is 12.1 Å². The molecule has 164 valence electrons. The van der Waals surface area contributed by atoms with Crippen molar-refractivity contribution in [1.82, 2.24) is 4.90 Å². The van der Waals surface area contributed by atoms with E-state index in [9.17, 15) is 14.7 Å². The minimum Gasteiger partial charge on any atom is -0.508 e. The van der Waals surface area contributed by atoms with Gasteiger partial charge in [0.2, 0.25) is 5.91 Å². The topological polar surface area (TPSA) is 57.6 Å². The molecule has 1 N–H and O–H groups in total. The van der Waals surface area contributed by atoms with Gasteiger partial charge in [0.25, 0.3) is 5.24 Å². The molecular formula is C26H24FNO3S. The molecule has 3 aliphatic heterocycles. The number of thioether (sulfide) groups is 1. The van der Waals surface area contributed by atoms with Gasteiger partial charge < -0.3 is 5.11 Å². The Labute approximate surface area is 190 Å². The fraction of sp³-hybridized carbons (Fsp3) is 0.462. The van der Waals surface area contributed by atoms with Crippen LogP contribution in [0.3, 0.4) is 0 Å². The molecule has 6 bridgehead atoms. The quantitative estimate of drug-likeness (QED) is 0.603. The summed E-state index contributed by atoms with van der Waals surface area (Å²) in [4.78, 5) is 24.9. The Bertz CT molecular complexity index is 1150. The average molecular weight is 450 g/mol. The molecule has 2 aromatic rings. The molecule has 4 saturated carbocycles. The molecule has 2 unspecified atom stereocenters. The van der Waals surface area contributed by atoms with Gasteiger partial charge in [0.1, 0.15) is 16.8 Å². The predicted octanol–water partition coefficient (Wildman–Crippen LogP) is 5.78. The summed E-state index contributed by atoms with van der Waals surface area (Å²) >= 11 is 0.989. The number of phenolic OH excluding ortho intramolecular Hbond substituents is 1. The molecule has 32 heavy (non-hydrogen) atoms. The summed E-state index contributed by atoms with van der Waals surface area (Å²) < 4.78 is 15.1. The summed E-state index contributed by atoms with van der Waals surface area (Å²) in [6, 6.07) is 10.3. The Morgan fingerprint density at radius 3 is 2.12 bits per heavy atom. The molecule has 4 nitrogen and oxygen atoms in total. The van der Waals surface area contributed by atoms with E-state index in [1.165, 1.54) is 30.2 Å². The van der Waals surface area contributed by atoms with Crippen LogP contribution in [-0.4, -0.2) is 26.4 Å². The van der Waals surface area contributed by atoms with E-state index in [0.29, 0.717) is 11.3 Å². The van der Waals surface area contributed by atoms with Crippen molar-refractivity contribution in [3.63, 3.8) is 0 Å². The lowest BCUT2D eigenvalue weighted by atomic mass is 9.48. The third-order valence-corrected chi connectivity index (χ3v) is 9.84. The lowest BCUT2D eigenvalue weighted by molar-refractivity contribution is -0.137. The Morgan fingerprint density at radius 2 is 1.56 bits per heavy atom. The molecule has 0 aromatic heterocycles. The normalized spacial score (nSPS) is 36.7. The molecule has 0 spiro atoms. The van der Waals surface area contributed by atoms with E-state index < -0.39 is 17.1 Å². The molecule has 2 atom stereocenters. The second kappa shape index (κ2) is 6.37.